The fourth-order valence-corrected chi connectivity index (χ4v) is 1.77. The molecule has 0 bridgehead atoms. The predicted octanol–water partition coefficient (Wildman–Crippen LogP) is 2.02. The van der Waals surface area contributed by atoms with E-state index in [4.69, 9.17) is 0 Å². The number of amides is 1. The van der Waals surface area contributed by atoms with Gasteiger partial charge in [-0.3, -0.25) is 9.79 Å². The van der Waals surface area contributed by atoms with Crippen molar-refractivity contribution < 1.29 is 4.79 Å². The Balaban J connectivity index is 2.20. The van der Waals surface area contributed by atoms with E-state index in [9.17, 15) is 4.79 Å². The Morgan fingerprint density at radius 3 is 2.32 bits per heavy atom. The molecule has 0 radical (unpaired) electrons. The van der Waals surface area contributed by atoms with Crippen molar-refractivity contribution in [2.75, 3.05) is 20.1 Å². The van der Waals surface area contributed by atoms with Gasteiger partial charge in [0, 0.05) is 31.7 Å². The molecule has 122 valence electrons. The zero-order chi connectivity index (χ0) is 16.4. The Morgan fingerprint density at radius 1 is 1.09 bits per heavy atom. The maximum atomic E-state index is 11.9. The van der Waals surface area contributed by atoms with Gasteiger partial charge in [0.25, 0.3) is 5.91 Å². The fourth-order valence-electron chi connectivity index (χ4n) is 1.77. The first-order valence-corrected chi connectivity index (χ1v) is 7.85. The van der Waals surface area contributed by atoms with Gasteiger partial charge in [0.15, 0.2) is 5.96 Å². The monoisotopic (exact) mass is 304 g/mol. The lowest BCUT2D eigenvalue weighted by Crippen LogP contribution is -2.44. The van der Waals surface area contributed by atoms with Crippen molar-refractivity contribution >= 4 is 11.9 Å². The second kappa shape index (κ2) is 9.82. The van der Waals surface area contributed by atoms with Crippen molar-refractivity contribution in [3.05, 3.63) is 35.9 Å². The van der Waals surface area contributed by atoms with Gasteiger partial charge in [-0.1, -0.05) is 32.0 Å². The molecule has 1 rings (SSSR count). The van der Waals surface area contributed by atoms with Gasteiger partial charge in [0.1, 0.15) is 0 Å². The molecule has 0 saturated heterocycles. The zero-order valence-electron chi connectivity index (χ0n) is 14.0. The van der Waals surface area contributed by atoms with Gasteiger partial charge in [-0.25, -0.2) is 0 Å². The van der Waals surface area contributed by atoms with Crippen molar-refractivity contribution in [1.29, 1.82) is 0 Å². The van der Waals surface area contributed by atoms with E-state index in [0.717, 1.165) is 18.9 Å². The molecule has 0 fully saturated rings. The highest BCUT2D eigenvalue weighted by atomic mass is 16.1. The molecular formula is C17H28N4O. The first-order valence-electron chi connectivity index (χ1n) is 7.85. The van der Waals surface area contributed by atoms with Gasteiger partial charge >= 0.3 is 0 Å². The molecule has 1 amide bonds. The third kappa shape index (κ3) is 6.61. The molecule has 22 heavy (non-hydrogen) atoms. The minimum absolute atomic E-state index is 0.0310. The summed E-state index contributed by atoms with van der Waals surface area (Å²) in [6, 6.07) is 9.62. The topological polar surface area (TPSA) is 65.5 Å². The van der Waals surface area contributed by atoms with Gasteiger partial charge in [-0.05, 0) is 31.4 Å². The summed E-state index contributed by atoms with van der Waals surface area (Å²) < 4.78 is 0. The maximum Gasteiger partial charge on any atom is 0.251 e. The standard InChI is InChI=1S/C17H28N4O/c1-13(2)14(3)21-17(18-4)20-12-8-11-19-16(22)15-9-6-5-7-10-15/h5-7,9-10,13-14H,8,11-12H2,1-4H3,(H,19,22)(H2,18,20,21). The van der Waals surface area contributed by atoms with Crippen LogP contribution in [-0.2, 0) is 0 Å². The van der Waals surface area contributed by atoms with Gasteiger partial charge in [-0.15, -0.1) is 0 Å². The first-order chi connectivity index (χ1) is 10.5. The molecule has 0 aliphatic rings. The van der Waals surface area contributed by atoms with Gasteiger partial charge in [-0.2, -0.15) is 0 Å². The highest BCUT2D eigenvalue weighted by molar-refractivity contribution is 5.94. The average molecular weight is 304 g/mol. The van der Waals surface area contributed by atoms with Crippen molar-refractivity contribution in [1.82, 2.24) is 16.0 Å². The van der Waals surface area contributed by atoms with Crippen LogP contribution < -0.4 is 16.0 Å². The Labute approximate surface area is 133 Å². The summed E-state index contributed by atoms with van der Waals surface area (Å²) in [5.41, 5.74) is 0.693. The lowest BCUT2D eigenvalue weighted by atomic mass is 10.1. The van der Waals surface area contributed by atoms with Crippen LogP contribution in [0, 0.1) is 5.92 Å². The normalized spacial score (nSPS) is 12.9. The van der Waals surface area contributed by atoms with Crippen molar-refractivity contribution in [3.8, 4) is 0 Å². The number of benzene rings is 1. The molecule has 0 aromatic heterocycles. The quantitative estimate of drug-likeness (QED) is 0.410. The fraction of sp³-hybridized carbons (Fsp3) is 0.529. The number of hydrogen-bond acceptors (Lipinski definition) is 2. The summed E-state index contributed by atoms with van der Waals surface area (Å²) in [5, 5.41) is 9.51. The van der Waals surface area contributed by atoms with Crippen LogP contribution in [-0.4, -0.2) is 38.0 Å². The average Bonchev–Trinajstić information content (AvgIpc) is 2.53. The Bertz CT molecular complexity index is 471. The van der Waals surface area contributed by atoms with Crippen molar-refractivity contribution in [2.45, 2.75) is 33.2 Å². The third-order valence-electron chi connectivity index (χ3n) is 3.56. The van der Waals surface area contributed by atoms with Crippen LogP contribution in [0.3, 0.4) is 0 Å². The Hall–Kier alpha value is -2.04. The molecule has 1 unspecified atom stereocenters. The summed E-state index contributed by atoms with van der Waals surface area (Å²) in [5.74, 6) is 1.32. The summed E-state index contributed by atoms with van der Waals surface area (Å²) in [6.45, 7) is 7.88. The molecule has 0 aliphatic carbocycles. The number of nitrogens with one attached hydrogen (secondary N) is 3. The van der Waals surface area contributed by atoms with Crippen molar-refractivity contribution in [3.63, 3.8) is 0 Å². The zero-order valence-corrected chi connectivity index (χ0v) is 14.0. The van der Waals surface area contributed by atoms with Crippen LogP contribution in [0.15, 0.2) is 35.3 Å². The molecule has 0 aliphatic heterocycles. The largest absolute Gasteiger partial charge is 0.356 e. The molecule has 1 aromatic rings. The summed E-state index contributed by atoms with van der Waals surface area (Å²) in [7, 11) is 1.76. The maximum absolute atomic E-state index is 11.9. The number of carbonyl (C=O) groups is 1. The van der Waals surface area contributed by atoms with E-state index in [1.807, 2.05) is 30.3 Å². The van der Waals surface area contributed by atoms with E-state index in [1.165, 1.54) is 0 Å². The predicted molar refractivity (Wildman–Crippen MR) is 92.2 cm³/mol. The number of carbonyl (C=O) groups excluding carboxylic acids is 1. The van der Waals surface area contributed by atoms with Gasteiger partial charge in [0.2, 0.25) is 0 Å². The van der Waals surface area contributed by atoms with Gasteiger partial charge in [0.05, 0.1) is 0 Å². The minimum atomic E-state index is -0.0310. The molecular weight excluding hydrogens is 276 g/mol. The summed E-state index contributed by atoms with van der Waals surface area (Å²) in [4.78, 5) is 16.0. The molecule has 5 heteroatoms. The number of hydrogen-bond donors (Lipinski definition) is 3. The lowest BCUT2D eigenvalue weighted by Gasteiger charge is -2.20. The van der Waals surface area contributed by atoms with Crippen LogP contribution in [0.4, 0.5) is 0 Å². The highest BCUT2D eigenvalue weighted by Crippen LogP contribution is 1.99. The SMILES string of the molecule is CN=C(NCCCNC(=O)c1ccccc1)NC(C)C(C)C. The van der Waals surface area contributed by atoms with Crippen LogP contribution in [0.25, 0.3) is 0 Å². The van der Waals surface area contributed by atoms with Crippen LogP contribution in [0.5, 0.6) is 0 Å². The highest BCUT2D eigenvalue weighted by Gasteiger charge is 2.08. The molecule has 5 nitrogen and oxygen atoms in total. The molecule has 0 spiro atoms. The second-order valence-electron chi connectivity index (χ2n) is 5.65. The van der Waals surface area contributed by atoms with E-state index in [2.05, 4.69) is 41.7 Å². The number of rotatable bonds is 7. The van der Waals surface area contributed by atoms with E-state index in [0.29, 0.717) is 24.1 Å². The van der Waals surface area contributed by atoms with Crippen LogP contribution in [0.1, 0.15) is 37.6 Å². The van der Waals surface area contributed by atoms with Crippen LogP contribution >= 0.6 is 0 Å². The molecule has 1 atom stereocenters. The Morgan fingerprint density at radius 2 is 1.73 bits per heavy atom. The molecule has 3 N–H and O–H groups in total. The minimum Gasteiger partial charge on any atom is -0.356 e. The smallest absolute Gasteiger partial charge is 0.251 e. The molecule has 1 aromatic carbocycles. The van der Waals surface area contributed by atoms with Crippen LogP contribution in [0.2, 0.25) is 0 Å². The molecule has 0 heterocycles. The van der Waals surface area contributed by atoms with E-state index < -0.39 is 0 Å². The lowest BCUT2D eigenvalue weighted by molar-refractivity contribution is 0.0953. The number of aliphatic imine (C=N–C) groups is 1. The Kier molecular flexibility index (Phi) is 8.04. The van der Waals surface area contributed by atoms with E-state index >= 15 is 0 Å². The second-order valence-corrected chi connectivity index (χ2v) is 5.65. The number of guanidine groups is 1. The summed E-state index contributed by atoms with van der Waals surface area (Å²) in [6.07, 6.45) is 0.843. The number of nitrogens with zero attached hydrogens (tertiary/aromatic N) is 1. The van der Waals surface area contributed by atoms with Crippen molar-refractivity contribution in [2.24, 2.45) is 10.9 Å². The molecule has 0 saturated carbocycles. The third-order valence-corrected chi connectivity index (χ3v) is 3.56. The first kappa shape index (κ1) is 18.0. The van der Waals surface area contributed by atoms with Gasteiger partial charge < -0.3 is 16.0 Å². The summed E-state index contributed by atoms with van der Waals surface area (Å²) >= 11 is 0. The van der Waals surface area contributed by atoms with E-state index in [1.54, 1.807) is 7.05 Å². The van der Waals surface area contributed by atoms with E-state index in [-0.39, 0.29) is 5.91 Å².